The molecule has 0 aliphatic heterocycles. The minimum atomic E-state index is -0.747. The van der Waals surface area contributed by atoms with Gasteiger partial charge in [-0.1, -0.05) is 23.8 Å². The van der Waals surface area contributed by atoms with Gasteiger partial charge in [-0.05, 0) is 50.6 Å². The maximum absolute atomic E-state index is 13.6. The molecule has 1 aromatic heterocycles. The second-order valence-corrected chi connectivity index (χ2v) is 5.82. The molecule has 2 aromatic carbocycles. The number of nitrogens with zero attached hydrogens (tertiary/aromatic N) is 2. The van der Waals surface area contributed by atoms with Gasteiger partial charge >= 0.3 is 5.97 Å². The van der Waals surface area contributed by atoms with Crippen LogP contribution in [0.2, 0.25) is 0 Å². The van der Waals surface area contributed by atoms with Crippen molar-refractivity contribution < 1.29 is 18.3 Å². The molecule has 6 heteroatoms. The van der Waals surface area contributed by atoms with Gasteiger partial charge in [0.2, 0.25) is 5.89 Å². The van der Waals surface area contributed by atoms with Crippen molar-refractivity contribution in [1.82, 2.24) is 10.2 Å². The van der Waals surface area contributed by atoms with Gasteiger partial charge in [-0.25, -0.2) is 9.18 Å². The summed E-state index contributed by atoms with van der Waals surface area (Å²) < 4.78 is 24.4. The largest absolute Gasteiger partial charge is 0.449 e. The lowest BCUT2D eigenvalue weighted by Crippen LogP contribution is -2.10. The zero-order chi connectivity index (χ0) is 18.0. The van der Waals surface area contributed by atoms with E-state index < -0.39 is 17.9 Å². The van der Waals surface area contributed by atoms with Crippen LogP contribution in [0.3, 0.4) is 0 Å². The predicted octanol–water partition coefficient (Wildman–Crippen LogP) is 4.41. The summed E-state index contributed by atoms with van der Waals surface area (Å²) in [6, 6.07) is 11.8. The van der Waals surface area contributed by atoms with Crippen molar-refractivity contribution in [1.29, 1.82) is 0 Å². The van der Waals surface area contributed by atoms with E-state index in [9.17, 15) is 9.18 Å². The normalized spacial score (nSPS) is 12.0. The van der Waals surface area contributed by atoms with E-state index in [2.05, 4.69) is 10.2 Å². The Hall–Kier alpha value is -3.02. The lowest BCUT2D eigenvalue weighted by Gasteiger charge is -2.09. The van der Waals surface area contributed by atoms with Crippen molar-refractivity contribution in [2.45, 2.75) is 26.9 Å². The van der Waals surface area contributed by atoms with Crippen LogP contribution in [0.5, 0.6) is 0 Å². The fourth-order valence-electron chi connectivity index (χ4n) is 2.21. The Kier molecular flexibility index (Phi) is 4.61. The smallest absolute Gasteiger partial charge is 0.339 e. The lowest BCUT2D eigenvalue weighted by molar-refractivity contribution is 0.0279. The summed E-state index contributed by atoms with van der Waals surface area (Å²) in [6.07, 6.45) is -0.747. The summed E-state index contributed by atoms with van der Waals surface area (Å²) in [4.78, 5) is 12.1. The van der Waals surface area contributed by atoms with E-state index in [1.165, 1.54) is 12.1 Å². The minimum absolute atomic E-state index is 0.133. The van der Waals surface area contributed by atoms with E-state index in [-0.39, 0.29) is 11.5 Å². The van der Waals surface area contributed by atoms with Crippen LogP contribution in [0.1, 0.15) is 40.4 Å². The topological polar surface area (TPSA) is 65.2 Å². The first-order valence-corrected chi connectivity index (χ1v) is 7.81. The van der Waals surface area contributed by atoms with Crippen molar-refractivity contribution in [3.8, 4) is 11.5 Å². The maximum atomic E-state index is 13.6. The van der Waals surface area contributed by atoms with Gasteiger partial charge in [0.25, 0.3) is 5.89 Å². The SMILES string of the molecule is Cc1ccc(-c2nnc([C@H](C)OC(=O)c3ccc(C)c(F)c3)o2)cc1. The molecule has 0 aliphatic carbocycles. The first-order valence-electron chi connectivity index (χ1n) is 7.81. The summed E-state index contributed by atoms with van der Waals surface area (Å²) in [7, 11) is 0. The van der Waals surface area contributed by atoms with Crippen LogP contribution < -0.4 is 0 Å². The van der Waals surface area contributed by atoms with E-state index in [4.69, 9.17) is 9.15 Å². The summed E-state index contributed by atoms with van der Waals surface area (Å²) in [5.41, 5.74) is 2.50. The Bertz CT molecular complexity index is 903. The fraction of sp³-hybridized carbons (Fsp3) is 0.211. The van der Waals surface area contributed by atoms with Crippen molar-refractivity contribution >= 4 is 5.97 Å². The van der Waals surface area contributed by atoms with E-state index in [1.54, 1.807) is 13.8 Å². The van der Waals surface area contributed by atoms with Gasteiger partial charge in [-0.2, -0.15) is 0 Å². The standard InChI is InChI=1S/C19H17FN2O3/c1-11-4-7-14(8-5-11)18-22-21-17(25-18)13(3)24-19(23)15-9-6-12(2)16(20)10-15/h4-10,13H,1-3H3/t13-/m0/s1. The second kappa shape index (κ2) is 6.84. The second-order valence-electron chi connectivity index (χ2n) is 5.82. The van der Waals surface area contributed by atoms with Crippen molar-refractivity contribution in [2.24, 2.45) is 0 Å². The van der Waals surface area contributed by atoms with Gasteiger partial charge in [0.05, 0.1) is 5.56 Å². The Morgan fingerprint density at radius 1 is 1.12 bits per heavy atom. The van der Waals surface area contributed by atoms with Gasteiger partial charge < -0.3 is 9.15 Å². The summed E-state index contributed by atoms with van der Waals surface area (Å²) in [6.45, 7) is 5.23. The molecule has 0 unspecified atom stereocenters. The first kappa shape index (κ1) is 16.8. The zero-order valence-electron chi connectivity index (χ0n) is 14.1. The van der Waals surface area contributed by atoms with E-state index in [1.807, 2.05) is 31.2 Å². The Morgan fingerprint density at radius 3 is 2.52 bits per heavy atom. The number of hydrogen-bond donors (Lipinski definition) is 0. The third-order valence-corrected chi connectivity index (χ3v) is 3.78. The molecule has 0 radical (unpaired) electrons. The summed E-state index contributed by atoms with van der Waals surface area (Å²) in [5.74, 6) is -0.584. The average Bonchev–Trinajstić information content (AvgIpc) is 3.08. The van der Waals surface area contributed by atoms with Gasteiger partial charge in [-0.3, -0.25) is 0 Å². The van der Waals surface area contributed by atoms with Crippen molar-refractivity contribution in [2.75, 3.05) is 0 Å². The molecule has 5 nitrogen and oxygen atoms in total. The predicted molar refractivity (Wildman–Crippen MR) is 89.4 cm³/mol. The lowest BCUT2D eigenvalue weighted by atomic mass is 10.1. The quantitative estimate of drug-likeness (QED) is 0.658. The molecule has 0 saturated carbocycles. The molecule has 3 aromatic rings. The molecule has 0 aliphatic rings. The Labute approximate surface area is 144 Å². The van der Waals surface area contributed by atoms with Crippen LogP contribution in [0, 0.1) is 19.7 Å². The molecular weight excluding hydrogens is 323 g/mol. The molecule has 0 spiro atoms. The molecule has 1 heterocycles. The molecule has 128 valence electrons. The number of aromatic nitrogens is 2. The highest BCUT2D eigenvalue weighted by molar-refractivity contribution is 5.89. The number of carbonyl (C=O) groups excluding carboxylic acids is 1. The highest BCUT2D eigenvalue weighted by atomic mass is 19.1. The summed E-state index contributed by atoms with van der Waals surface area (Å²) in [5, 5.41) is 7.90. The van der Waals surface area contributed by atoms with Crippen LogP contribution >= 0.6 is 0 Å². The fourth-order valence-corrected chi connectivity index (χ4v) is 2.21. The average molecular weight is 340 g/mol. The third kappa shape index (κ3) is 3.74. The molecule has 0 amide bonds. The highest BCUT2D eigenvalue weighted by Gasteiger charge is 2.20. The van der Waals surface area contributed by atoms with E-state index >= 15 is 0 Å². The molecule has 0 N–H and O–H groups in total. The van der Waals surface area contributed by atoms with Crippen LogP contribution in [-0.4, -0.2) is 16.2 Å². The number of ether oxygens (including phenoxy) is 1. The van der Waals surface area contributed by atoms with E-state index in [0.29, 0.717) is 11.5 Å². The third-order valence-electron chi connectivity index (χ3n) is 3.78. The van der Waals surface area contributed by atoms with Crippen molar-refractivity contribution in [3.05, 3.63) is 70.9 Å². The molecule has 0 bridgehead atoms. The number of aryl methyl sites for hydroxylation is 2. The molecule has 0 saturated heterocycles. The number of halogens is 1. The van der Waals surface area contributed by atoms with Crippen LogP contribution in [0.15, 0.2) is 46.9 Å². The molecule has 3 rings (SSSR count). The monoisotopic (exact) mass is 340 g/mol. The van der Waals surface area contributed by atoms with Gasteiger partial charge in [-0.15, -0.1) is 10.2 Å². The number of hydrogen-bond acceptors (Lipinski definition) is 5. The number of rotatable bonds is 4. The molecule has 1 atom stereocenters. The first-order chi connectivity index (χ1) is 11.9. The van der Waals surface area contributed by atoms with Gasteiger partial charge in [0.15, 0.2) is 6.10 Å². The van der Waals surface area contributed by atoms with Crippen LogP contribution in [0.4, 0.5) is 4.39 Å². The number of benzene rings is 2. The maximum Gasteiger partial charge on any atom is 0.339 e. The number of carbonyl (C=O) groups is 1. The van der Waals surface area contributed by atoms with Gasteiger partial charge in [0.1, 0.15) is 5.82 Å². The van der Waals surface area contributed by atoms with Crippen LogP contribution in [-0.2, 0) is 4.74 Å². The van der Waals surface area contributed by atoms with Gasteiger partial charge in [0, 0.05) is 5.56 Å². The summed E-state index contributed by atoms with van der Waals surface area (Å²) >= 11 is 0. The highest BCUT2D eigenvalue weighted by Crippen LogP contribution is 2.23. The number of esters is 1. The van der Waals surface area contributed by atoms with Crippen LogP contribution in [0.25, 0.3) is 11.5 Å². The Morgan fingerprint density at radius 2 is 1.84 bits per heavy atom. The molecule has 25 heavy (non-hydrogen) atoms. The van der Waals surface area contributed by atoms with Crippen molar-refractivity contribution in [3.63, 3.8) is 0 Å². The van der Waals surface area contributed by atoms with E-state index in [0.717, 1.165) is 17.2 Å². The Balaban J connectivity index is 1.73. The molecule has 0 fully saturated rings. The molecular formula is C19H17FN2O3. The minimum Gasteiger partial charge on any atom is -0.449 e. The zero-order valence-corrected chi connectivity index (χ0v) is 14.1.